The lowest BCUT2D eigenvalue weighted by Crippen LogP contribution is -2.36. The second-order valence-electron chi connectivity index (χ2n) is 5.30. The van der Waals surface area contributed by atoms with E-state index in [1.165, 1.54) is 0 Å². The fourth-order valence-electron chi connectivity index (χ4n) is 2.25. The fourth-order valence-corrected chi connectivity index (χ4v) is 2.51. The van der Waals surface area contributed by atoms with Gasteiger partial charge in [0, 0.05) is 11.5 Å². The molecule has 2 N–H and O–H groups in total. The molecule has 1 unspecified atom stereocenters. The van der Waals surface area contributed by atoms with Crippen molar-refractivity contribution < 1.29 is 19.4 Å². The van der Waals surface area contributed by atoms with Gasteiger partial charge in [-0.3, -0.25) is 9.48 Å². The molecule has 128 valence electrons. The van der Waals surface area contributed by atoms with Gasteiger partial charge in [0.25, 0.3) is 5.91 Å². The van der Waals surface area contributed by atoms with Gasteiger partial charge in [0.15, 0.2) is 18.4 Å². The van der Waals surface area contributed by atoms with E-state index in [1.807, 2.05) is 6.92 Å². The number of amides is 1. The van der Waals surface area contributed by atoms with Crippen LogP contribution in [0, 0.1) is 13.8 Å². The molecular formula is C16H18BrN3O4. The van der Waals surface area contributed by atoms with E-state index in [-0.39, 0.29) is 6.61 Å². The van der Waals surface area contributed by atoms with Crippen LogP contribution < -0.4 is 10.1 Å². The van der Waals surface area contributed by atoms with Gasteiger partial charge in [0.05, 0.1) is 5.69 Å². The first kappa shape index (κ1) is 18.0. The summed E-state index contributed by atoms with van der Waals surface area (Å²) in [6.45, 7) is 3.32. The smallest absolute Gasteiger partial charge is 0.330 e. The molecule has 0 radical (unpaired) electrons. The summed E-state index contributed by atoms with van der Waals surface area (Å²) >= 11 is 3.29. The Morgan fingerprint density at radius 1 is 1.33 bits per heavy atom. The zero-order chi connectivity index (χ0) is 17.9. The molecule has 0 aliphatic carbocycles. The minimum atomic E-state index is -1.14. The summed E-state index contributed by atoms with van der Waals surface area (Å²) in [6, 6.07) is 5.58. The van der Waals surface area contributed by atoms with Gasteiger partial charge in [-0.1, -0.05) is 28.1 Å². The quantitative estimate of drug-likeness (QED) is 0.780. The van der Waals surface area contributed by atoms with Gasteiger partial charge >= 0.3 is 5.97 Å². The Labute approximate surface area is 147 Å². The third-order valence-electron chi connectivity index (χ3n) is 3.55. The maximum absolute atomic E-state index is 12.1. The maximum atomic E-state index is 12.1. The second kappa shape index (κ2) is 7.48. The molecule has 0 spiro atoms. The van der Waals surface area contributed by atoms with Crippen molar-refractivity contribution in [3.05, 3.63) is 45.7 Å². The number of nitrogens with one attached hydrogen (secondary N) is 1. The molecule has 0 saturated heterocycles. The van der Waals surface area contributed by atoms with E-state index in [4.69, 9.17) is 4.74 Å². The van der Waals surface area contributed by atoms with E-state index in [9.17, 15) is 14.7 Å². The molecule has 0 bridgehead atoms. The number of benzene rings is 1. The average Bonchev–Trinajstić information content (AvgIpc) is 2.76. The highest BCUT2D eigenvalue weighted by Gasteiger charge is 2.22. The van der Waals surface area contributed by atoms with Crippen molar-refractivity contribution in [2.24, 2.45) is 7.05 Å². The number of aromatic nitrogens is 2. The van der Waals surface area contributed by atoms with Crippen LogP contribution in [0.5, 0.6) is 5.75 Å². The Kier molecular flexibility index (Phi) is 5.61. The fraction of sp³-hybridized carbons (Fsp3) is 0.312. The third-order valence-corrected chi connectivity index (χ3v) is 4.07. The zero-order valence-electron chi connectivity index (χ0n) is 13.5. The van der Waals surface area contributed by atoms with E-state index in [0.717, 1.165) is 10.2 Å². The number of carbonyl (C=O) groups excluding carboxylic acids is 1. The molecule has 2 rings (SSSR count). The Balaban J connectivity index is 2.03. The lowest BCUT2D eigenvalue weighted by atomic mass is 10.1. The van der Waals surface area contributed by atoms with Crippen molar-refractivity contribution in [1.82, 2.24) is 15.1 Å². The third kappa shape index (κ3) is 4.14. The maximum Gasteiger partial charge on any atom is 0.330 e. The van der Waals surface area contributed by atoms with Crippen LogP contribution in [0.2, 0.25) is 0 Å². The van der Waals surface area contributed by atoms with Crippen LogP contribution in [0.4, 0.5) is 0 Å². The number of carbonyl (C=O) groups is 2. The minimum absolute atomic E-state index is 0.284. The second-order valence-corrected chi connectivity index (χ2v) is 6.22. The van der Waals surface area contributed by atoms with Gasteiger partial charge in [0.1, 0.15) is 5.69 Å². The van der Waals surface area contributed by atoms with Gasteiger partial charge in [0.2, 0.25) is 0 Å². The van der Waals surface area contributed by atoms with Crippen molar-refractivity contribution in [3.63, 3.8) is 0 Å². The van der Waals surface area contributed by atoms with Gasteiger partial charge in [-0.25, -0.2) is 4.79 Å². The van der Waals surface area contributed by atoms with E-state index in [2.05, 4.69) is 26.3 Å². The van der Waals surface area contributed by atoms with E-state index >= 15 is 0 Å². The number of aliphatic carboxylic acids is 1. The topological polar surface area (TPSA) is 93.5 Å². The molecule has 0 aliphatic heterocycles. The summed E-state index contributed by atoms with van der Waals surface area (Å²) in [4.78, 5) is 23.5. The summed E-state index contributed by atoms with van der Waals surface area (Å²) in [5, 5.41) is 16.0. The molecule has 1 aromatic carbocycles. The summed E-state index contributed by atoms with van der Waals surface area (Å²) in [6.07, 6.45) is 0. The van der Waals surface area contributed by atoms with Crippen molar-refractivity contribution in [1.29, 1.82) is 0 Å². The van der Waals surface area contributed by atoms with Crippen LogP contribution in [0.1, 0.15) is 23.0 Å². The molecule has 1 amide bonds. The minimum Gasteiger partial charge on any atom is -0.480 e. The number of hydrogen-bond acceptors (Lipinski definition) is 4. The van der Waals surface area contributed by atoms with E-state index in [1.54, 1.807) is 42.9 Å². The largest absolute Gasteiger partial charge is 0.480 e. The van der Waals surface area contributed by atoms with Crippen LogP contribution in [0.15, 0.2) is 28.7 Å². The van der Waals surface area contributed by atoms with E-state index in [0.29, 0.717) is 17.0 Å². The van der Waals surface area contributed by atoms with Crippen LogP contribution in [0.25, 0.3) is 0 Å². The molecule has 24 heavy (non-hydrogen) atoms. The highest BCUT2D eigenvalue weighted by molar-refractivity contribution is 9.10. The molecule has 0 fully saturated rings. The first-order valence-electron chi connectivity index (χ1n) is 7.20. The van der Waals surface area contributed by atoms with Gasteiger partial charge in [-0.2, -0.15) is 5.10 Å². The normalized spacial score (nSPS) is 11.8. The monoisotopic (exact) mass is 395 g/mol. The number of hydrogen-bond donors (Lipinski definition) is 2. The number of carboxylic acid groups (broad SMARTS) is 1. The molecular weight excluding hydrogens is 378 g/mol. The number of rotatable bonds is 6. The van der Waals surface area contributed by atoms with Crippen LogP contribution in [-0.4, -0.2) is 33.4 Å². The molecule has 1 atom stereocenters. The van der Waals surface area contributed by atoms with Gasteiger partial charge in [-0.05, 0) is 31.5 Å². The lowest BCUT2D eigenvalue weighted by Gasteiger charge is -2.15. The number of nitrogens with zero attached hydrogens (tertiary/aromatic N) is 2. The standard InChI is InChI=1S/C16H18BrN3O4/c1-9-15(10(2)20(3)19-9)24-8-13(21)18-14(16(22)23)11-4-6-12(17)7-5-11/h4-7,14H,8H2,1-3H3,(H,18,21)(H,22,23). The Hall–Kier alpha value is -2.35. The molecule has 0 saturated carbocycles. The molecule has 7 nitrogen and oxygen atoms in total. The van der Waals surface area contributed by atoms with Crippen molar-refractivity contribution in [2.75, 3.05) is 6.61 Å². The molecule has 8 heteroatoms. The predicted molar refractivity (Wildman–Crippen MR) is 90.8 cm³/mol. The molecule has 1 heterocycles. The van der Waals surface area contributed by atoms with Crippen molar-refractivity contribution in [3.8, 4) is 5.75 Å². The number of ether oxygens (including phenoxy) is 1. The first-order chi connectivity index (χ1) is 11.3. The van der Waals surface area contributed by atoms with Crippen molar-refractivity contribution >= 4 is 27.8 Å². The summed E-state index contributed by atoms with van der Waals surface area (Å²) in [5.41, 5.74) is 1.95. The van der Waals surface area contributed by atoms with Crippen LogP contribution in [-0.2, 0) is 16.6 Å². The zero-order valence-corrected chi connectivity index (χ0v) is 15.1. The van der Waals surface area contributed by atoms with Gasteiger partial charge in [-0.15, -0.1) is 0 Å². The Morgan fingerprint density at radius 3 is 2.46 bits per heavy atom. The van der Waals surface area contributed by atoms with Crippen LogP contribution >= 0.6 is 15.9 Å². The van der Waals surface area contributed by atoms with E-state index < -0.39 is 17.9 Å². The first-order valence-corrected chi connectivity index (χ1v) is 7.99. The van der Waals surface area contributed by atoms with Gasteiger partial charge < -0.3 is 15.2 Å². The Bertz CT molecular complexity index is 755. The molecule has 0 aliphatic rings. The summed E-state index contributed by atoms with van der Waals surface area (Å²) in [5.74, 6) is -1.13. The number of halogens is 1. The highest BCUT2D eigenvalue weighted by Crippen LogP contribution is 2.21. The number of carboxylic acids is 1. The summed E-state index contributed by atoms with van der Waals surface area (Å²) < 4.78 is 7.97. The Morgan fingerprint density at radius 2 is 1.96 bits per heavy atom. The average molecular weight is 396 g/mol. The predicted octanol–water partition coefficient (Wildman–Crippen LogP) is 2.12. The molecule has 2 aromatic rings. The number of aryl methyl sites for hydroxylation is 2. The highest BCUT2D eigenvalue weighted by atomic mass is 79.9. The summed E-state index contributed by atoms with van der Waals surface area (Å²) in [7, 11) is 1.78. The SMILES string of the molecule is Cc1nn(C)c(C)c1OCC(=O)NC(C(=O)O)c1ccc(Br)cc1. The van der Waals surface area contributed by atoms with Crippen LogP contribution in [0.3, 0.4) is 0 Å². The molecule has 1 aromatic heterocycles. The lowest BCUT2D eigenvalue weighted by molar-refractivity contribution is -0.142. The van der Waals surface area contributed by atoms with Crippen molar-refractivity contribution in [2.45, 2.75) is 19.9 Å².